The van der Waals surface area contributed by atoms with Crippen LogP contribution in [0.3, 0.4) is 0 Å². The third-order valence-electron chi connectivity index (χ3n) is 7.19. The number of imidazole rings is 1. The molecule has 0 saturated carbocycles. The van der Waals surface area contributed by atoms with Crippen LogP contribution in [0.15, 0.2) is 61.1 Å². The molecule has 4 rings (SSSR count). The SMILES string of the molecule is CCCCCCCCCC[C@@H](O)Oc1ccc(CC(COCC)n2cnc3cnc4ccccc4c32)cc1. The van der Waals surface area contributed by atoms with Crippen molar-refractivity contribution in [2.45, 2.75) is 90.4 Å². The molecule has 0 aliphatic carbocycles. The first-order chi connectivity index (χ1) is 18.7. The highest BCUT2D eigenvalue weighted by Crippen LogP contribution is 2.28. The Labute approximate surface area is 227 Å². The van der Waals surface area contributed by atoms with Crippen LogP contribution >= 0.6 is 0 Å². The highest BCUT2D eigenvalue weighted by atomic mass is 16.6. The largest absolute Gasteiger partial charge is 0.465 e. The smallest absolute Gasteiger partial charge is 0.197 e. The number of aliphatic hydroxyl groups excluding tert-OH is 1. The third-order valence-corrected chi connectivity index (χ3v) is 7.19. The normalized spacial score (nSPS) is 13.2. The number of fused-ring (bicyclic) bond motifs is 3. The topological polar surface area (TPSA) is 69.4 Å². The van der Waals surface area contributed by atoms with Gasteiger partial charge in [-0.1, -0.05) is 82.2 Å². The molecule has 0 aliphatic heterocycles. The molecule has 2 atom stereocenters. The molecule has 0 aliphatic rings. The van der Waals surface area contributed by atoms with Crippen molar-refractivity contribution in [2.75, 3.05) is 13.2 Å². The van der Waals surface area contributed by atoms with Crippen LogP contribution in [-0.2, 0) is 11.2 Å². The summed E-state index contributed by atoms with van der Waals surface area (Å²) in [5, 5.41) is 11.4. The van der Waals surface area contributed by atoms with E-state index in [9.17, 15) is 5.11 Å². The third kappa shape index (κ3) is 7.78. The Morgan fingerprint density at radius 2 is 1.58 bits per heavy atom. The minimum atomic E-state index is -0.758. The molecule has 38 heavy (non-hydrogen) atoms. The van der Waals surface area contributed by atoms with Crippen LogP contribution in [0.2, 0.25) is 0 Å². The Morgan fingerprint density at radius 1 is 0.842 bits per heavy atom. The number of ether oxygens (including phenoxy) is 2. The average Bonchev–Trinajstić information content (AvgIpc) is 3.38. The molecule has 2 aromatic heterocycles. The Balaban J connectivity index is 1.34. The van der Waals surface area contributed by atoms with Gasteiger partial charge in [0.15, 0.2) is 6.29 Å². The van der Waals surface area contributed by atoms with E-state index < -0.39 is 6.29 Å². The number of unbranched alkanes of at least 4 members (excludes halogenated alkanes) is 7. The van der Waals surface area contributed by atoms with Crippen molar-refractivity contribution in [1.29, 1.82) is 0 Å². The number of nitrogens with zero attached hydrogens (tertiary/aromatic N) is 3. The summed E-state index contributed by atoms with van der Waals surface area (Å²) in [6.45, 7) is 5.52. The number of hydrogen-bond donors (Lipinski definition) is 1. The molecule has 204 valence electrons. The van der Waals surface area contributed by atoms with Crippen LogP contribution in [-0.4, -0.2) is 39.1 Å². The summed E-state index contributed by atoms with van der Waals surface area (Å²) in [5.74, 6) is 0.701. The molecule has 2 heterocycles. The molecule has 0 saturated heterocycles. The number of rotatable bonds is 17. The molecule has 0 spiro atoms. The second kappa shape index (κ2) is 14.8. The lowest BCUT2D eigenvalue weighted by Crippen LogP contribution is -2.18. The van der Waals surface area contributed by atoms with Crippen LogP contribution in [0.25, 0.3) is 21.9 Å². The van der Waals surface area contributed by atoms with Gasteiger partial charge in [-0.15, -0.1) is 0 Å². The van der Waals surface area contributed by atoms with Crippen LogP contribution in [0.5, 0.6) is 5.75 Å². The zero-order valence-electron chi connectivity index (χ0n) is 23.0. The summed E-state index contributed by atoms with van der Waals surface area (Å²) in [7, 11) is 0. The fraction of sp³-hybridized carbons (Fsp3) is 0.500. The molecule has 1 N–H and O–H groups in total. The summed E-state index contributed by atoms with van der Waals surface area (Å²) < 4.78 is 13.9. The van der Waals surface area contributed by atoms with Gasteiger partial charge in [0.1, 0.15) is 11.3 Å². The van der Waals surface area contributed by atoms with Crippen molar-refractivity contribution < 1.29 is 14.6 Å². The average molecular weight is 518 g/mol. The summed E-state index contributed by atoms with van der Waals surface area (Å²) in [6.07, 6.45) is 14.4. The lowest BCUT2D eigenvalue weighted by Gasteiger charge is -2.20. The maximum atomic E-state index is 10.3. The van der Waals surface area contributed by atoms with Gasteiger partial charge in [-0.2, -0.15) is 0 Å². The number of aromatic nitrogens is 3. The first kappa shape index (κ1) is 28.1. The first-order valence-electron chi connectivity index (χ1n) is 14.4. The molecular formula is C32H43N3O3. The summed E-state index contributed by atoms with van der Waals surface area (Å²) in [4.78, 5) is 9.20. The molecule has 0 radical (unpaired) electrons. The Bertz CT molecular complexity index is 1240. The standard InChI is InChI=1S/C32H43N3O3/c1-3-5-6-7-8-9-10-11-16-31(36)38-27-19-17-25(18-20-27)21-26(23-37-4-2)35-24-34-30-22-33-29-15-13-12-14-28(29)32(30)35/h12-15,17-20,22,24,26,31,36H,3-11,16,21,23H2,1-2H3/t26?,31-/m0/s1. The molecule has 6 nitrogen and oxygen atoms in total. The molecule has 0 amide bonds. The van der Waals surface area contributed by atoms with E-state index in [1.165, 1.54) is 44.1 Å². The van der Waals surface area contributed by atoms with Crippen molar-refractivity contribution in [3.63, 3.8) is 0 Å². The Kier molecular flexibility index (Phi) is 11.0. The predicted molar refractivity (Wildman–Crippen MR) is 155 cm³/mol. The Hall–Kier alpha value is -2.96. The maximum Gasteiger partial charge on any atom is 0.197 e. The van der Waals surface area contributed by atoms with Crippen LogP contribution < -0.4 is 4.74 Å². The molecule has 6 heteroatoms. The van der Waals surface area contributed by atoms with Crippen molar-refractivity contribution in [3.8, 4) is 5.75 Å². The monoisotopic (exact) mass is 517 g/mol. The van der Waals surface area contributed by atoms with Crippen molar-refractivity contribution in [3.05, 3.63) is 66.6 Å². The van der Waals surface area contributed by atoms with Gasteiger partial charge >= 0.3 is 0 Å². The van der Waals surface area contributed by atoms with E-state index in [1.54, 1.807) is 0 Å². The minimum absolute atomic E-state index is 0.0880. The first-order valence-corrected chi connectivity index (χ1v) is 14.4. The van der Waals surface area contributed by atoms with E-state index in [-0.39, 0.29) is 6.04 Å². The molecule has 0 bridgehead atoms. The summed E-state index contributed by atoms with van der Waals surface area (Å²) in [5.41, 5.74) is 4.12. The fourth-order valence-electron chi connectivity index (χ4n) is 5.08. The van der Waals surface area contributed by atoms with Gasteiger partial charge in [-0.3, -0.25) is 4.98 Å². The highest BCUT2D eigenvalue weighted by molar-refractivity contribution is 6.02. The zero-order valence-corrected chi connectivity index (χ0v) is 23.0. The van der Waals surface area contributed by atoms with E-state index in [0.29, 0.717) is 25.4 Å². The summed E-state index contributed by atoms with van der Waals surface area (Å²) in [6, 6.07) is 16.3. The van der Waals surface area contributed by atoms with E-state index in [0.717, 1.165) is 41.2 Å². The van der Waals surface area contributed by atoms with E-state index in [4.69, 9.17) is 9.47 Å². The fourth-order valence-corrected chi connectivity index (χ4v) is 5.08. The predicted octanol–water partition coefficient (Wildman–Crippen LogP) is 7.63. The number of aliphatic hydroxyl groups is 1. The van der Waals surface area contributed by atoms with Gasteiger partial charge in [-0.25, -0.2) is 4.98 Å². The maximum absolute atomic E-state index is 10.3. The molecule has 1 unspecified atom stereocenters. The van der Waals surface area contributed by atoms with Crippen LogP contribution in [0.4, 0.5) is 0 Å². The van der Waals surface area contributed by atoms with E-state index in [1.807, 2.05) is 49.8 Å². The minimum Gasteiger partial charge on any atom is -0.465 e. The van der Waals surface area contributed by atoms with Gasteiger partial charge in [0.25, 0.3) is 0 Å². The van der Waals surface area contributed by atoms with Crippen molar-refractivity contribution in [2.24, 2.45) is 0 Å². The van der Waals surface area contributed by atoms with Crippen molar-refractivity contribution >= 4 is 21.9 Å². The number of para-hydroxylation sites is 1. The number of hydrogen-bond acceptors (Lipinski definition) is 5. The molecule has 4 aromatic rings. The van der Waals surface area contributed by atoms with Gasteiger partial charge in [0.2, 0.25) is 0 Å². The number of benzene rings is 2. The van der Waals surface area contributed by atoms with Gasteiger partial charge in [0.05, 0.1) is 36.2 Å². The highest BCUT2D eigenvalue weighted by Gasteiger charge is 2.18. The van der Waals surface area contributed by atoms with Gasteiger partial charge in [-0.05, 0) is 43.5 Å². The molecular weight excluding hydrogens is 474 g/mol. The summed E-state index contributed by atoms with van der Waals surface area (Å²) >= 11 is 0. The van der Waals surface area contributed by atoms with Crippen LogP contribution in [0.1, 0.15) is 83.2 Å². The molecule has 0 fully saturated rings. The van der Waals surface area contributed by atoms with E-state index in [2.05, 4.69) is 39.7 Å². The lowest BCUT2D eigenvalue weighted by molar-refractivity contribution is -0.0246. The molecule has 2 aromatic carbocycles. The lowest BCUT2D eigenvalue weighted by atomic mass is 10.1. The second-order valence-corrected chi connectivity index (χ2v) is 10.2. The second-order valence-electron chi connectivity index (χ2n) is 10.2. The zero-order chi connectivity index (χ0) is 26.6. The van der Waals surface area contributed by atoms with Gasteiger partial charge < -0.3 is 19.1 Å². The van der Waals surface area contributed by atoms with Crippen molar-refractivity contribution in [1.82, 2.24) is 14.5 Å². The van der Waals surface area contributed by atoms with Gasteiger partial charge in [0, 0.05) is 18.4 Å². The number of pyridine rings is 1. The van der Waals surface area contributed by atoms with E-state index >= 15 is 0 Å². The van der Waals surface area contributed by atoms with Crippen LogP contribution in [0, 0.1) is 0 Å². The Morgan fingerprint density at radius 3 is 2.34 bits per heavy atom. The quantitative estimate of drug-likeness (QED) is 0.115.